The van der Waals surface area contributed by atoms with Gasteiger partial charge in [0.15, 0.2) is 0 Å². The van der Waals surface area contributed by atoms with Crippen LogP contribution in [0.2, 0.25) is 0 Å². The lowest BCUT2D eigenvalue weighted by atomic mass is 10.2. The summed E-state index contributed by atoms with van der Waals surface area (Å²) in [6, 6.07) is 0. The second-order valence-electron chi connectivity index (χ2n) is 8.52. The maximum Gasteiger partial charge on any atom is 0.330 e. The molecule has 0 aromatic carbocycles. The van der Waals surface area contributed by atoms with Crippen molar-refractivity contribution in [3.63, 3.8) is 0 Å². The number of rotatable bonds is 16. The molecule has 1 saturated heterocycles. The van der Waals surface area contributed by atoms with E-state index in [2.05, 4.69) is 84.6 Å². The van der Waals surface area contributed by atoms with E-state index in [1.54, 1.807) is 9.80 Å². The Morgan fingerprint density at radius 2 is 1.05 bits per heavy atom. The van der Waals surface area contributed by atoms with E-state index < -0.39 is 5.97 Å². The number of carbonyl (C=O) groups is 3. The van der Waals surface area contributed by atoms with Crippen LogP contribution in [0.4, 0.5) is 0 Å². The van der Waals surface area contributed by atoms with Crippen LogP contribution in [0.1, 0.15) is 58.3 Å². The summed E-state index contributed by atoms with van der Waals surface area (Å²) in [7, 11) is 1.27. The van der Waals surface area contributed by atoms with Crippen LogP contribution in [0.15, 0.2) is 85.1 Å². The molecule has 1 fully saturated rings. The molecule has 0 spiro atoms. The zero-order valence-electron chi connectivity index (χ0n) is 22.6. The van der Waals surface area contributed by atoms with E-state index >= 15 is 0 Å². The van der Waals surface area contributed by atoms with Gasteiger partial charge in [-0.2, -0.15) is 0 Å². The van der Waals surface area contributed by atoms with Gasteiger partial charge in [-0.05, 0) is 44.9 Å². The van der Waals surface area contributed by atoms with E-state index in [0.29, 0.717) is 39.0 Å². The Balaban J connectivity index is 2.08. The van der Waals surface area contributed by atoms with Crippen molar-refractivity contribution in [3.05, 3.63) is 85.1 Å². The van der Waals surface area contributed by atoms with Gasteiger partial charge in [0.05, 0.1) is 7.11 Å². The minimum Gasteiger partial charge on any atom is -0.466 e. The van der Waals surface area contributed by atoms with Crippen molar-refractivity contribution in [1.82, 2.24) is 9.80 Å². The highest BCUT2D eigenvalue weighted by molar-refractivity contribution is 5.94. The summed E-state index contributed by atoms with van der Waals surface area (Å²) in [5.74, 6) is -0.691. The van der Waals surface area contributed by atoms with Gasteiger partial charge in [0.2, 0.25) is 11.8 Å². The Bertz CT molecular complexity index is 870. The molecule has 202 valence electrons. The van der Waals surface area contributed by atoms with E-state index in [1.807, 2.05) is 0 Å². The summed E-state index contributed by atoms with van der Waals surface area (Å²) < 4.78 is 4.48. The van der Waals surface area contributed by atoms with Gasteiger partial charge in [-0.15, -0.1) is 0 Å². The molecule has 0 N–H and O–H groups in total. The predicted molar refractivity (Wildman–Crippen MR) is 152 cm³/mol. The number of allylic oxidation sites excluding steroid dienone is 12. The average Bonchev–Trinajstić information content (AvgIpc) is 2.92. The first kappa shape index (κ1) is 31.6. The highest BCUT2D eigenvalue weighted by Gasteiger charge is 2.22. The molecule has 0 bridgehead atoms. The molecular weight excluding hydrogens is 464 g/mol. The topological polar surface area (TPSA) is 66.9 Å². The Kier molecular flexibility index (Phi) is 18.7. The minimum absolute atomic E-state index is 0.108. The lowest BCUT2D eigenvalue weighted by Gasteiger charge is -2.34. The van der Waals surface area contributed by atoms with Gasteiger partial charge in [-0.25, -0.2) is 4.79 Å². The maximum absolute atomic E-state index is 12.4. The summed E-state index contributed by atoms with van der Waals surface area (Å²) in [6.45, 7) is 4.11. The lowest BCUT2D eigenvalue weighted by Crippen LogP contribution is -2.50. The van der Waals surface area contributed by atoms with E-state index in [1.165, 1.54) is 13.2 Å². The molecule has 0 aliphatic carbocycles. The molecule has 0 saturated carbocycles. The quantitative estimate of drug-likeness (QED) is 0.149. The molecule has 0 aromatic heterocycles. The number of nitrogens with zero attached hydrogens (tertiary/aromatic N) is 2. The third kappa shape index (κ3) is 16.8. The molecule has 6 nitrogen and oxygen atoms in total. The number of esters is 1. The van der Waals surface area contributed by atoms with Crippen LogP contribution >= 0.6 is 0 Å². The molecule has 37 heavy (non-hydrogen) atoms. The monoisotopic (exact) mass is 508 g/mol. The zero-order chi connectivity index (χ0) is 27.0. The van der Waals surface area contributed by atoms with Crippen LogP contribution in [0, 0.1) is 0 Å². The minimum atomic E-state index is -0.559. The Labute approximate surface area is 223 Å². The molecule has 0 atom stereocenters. The number of methoxy groups -OCH3 is 1. The van der Waals surface area contributed by atoms with E-state index in [-0.39, 0.29) is 11.8 Å². The fourth-order valence-corrected chi connectivity index (χ4v) is 3.49. The van der Waals surface area contributed by atoms with Crippen LogP contribution in [0.3, 0.4) is 0 Å². The van der Waals surface area contributed by atoms with Crippen molar-refractivity contribution in [2.75, 3.05) is 33.3 Å². The van der Waals surface area contributed by atoms with Crippen LogP contribution < -0.4 is 0 Å². The third-order valence-electron chi connectivity index (χ3n) is 5.63. The first-order chi connectivity index (χ1) is 18.1. The van der Waals surface area contributed by atoms with Crippen LogP contribution in [0.5, 0.6) is 0 Å². The van der Waals surface area contributed by atoms with Crippen LogP contribution in [-0.4, -0.2) is 60.9 Å². The fraction of sp³-hybridized carbons (Fsp3) is 0.452. The summed E-state index contributed by atoms with van der Waals surface area (Å²) in [6.07, 6.45) is 35.3. The van der Waals surface area contributed by atoms with Crippen LogP contribution in [-0.2, 0) is 19.1 Å². The van der Waals surface area contributed by atoms with E-state index in [9.17, 15) is 14.4 Å². The summed E-state index contributed by atoms with van der Waals surface area (Å²) in [5, 5.41) is 0. The van der Waals surface area contributed by atoms with Gasteiger partial charge in [-0.1, -0.05) is 79.8 Å². The number of amides is 2. The number of piperazine rings is 1. The normalized spacial score (nSPS) is 15.2. The highest BCUT2D eigenvalue weighted by atomic mass is 16.5. The first-order valence-corrected chi connectivity index (χ1v) is 13.3. The summed E-state index contributed by atoms with van der Waals surface area (Å²) >= 11 is 0. The van der Waals surface area contributed by atoms with Crippen LogP contribution in [0.25, 0.3) is 0 Å². The number of hydrogen-bond acceptors (Lipinski definition) is 4. The van der Waals surface area contributed by atoms with E-state index in [0.717, 1.165) is 44.6 Å². The van der Waals surface area contributed by atoms with Crippen molar-refractivity contribution >= 4 is 17.8 Å². The van der Waals surface area contributed by atoms with Crippen molar-refractivity contribution in [3.8, 4) is 0 Å². The SMILES string of the molecule is CC/C=C\C/C=C\C/C=C\C/C=C\C/C=C\C/C=C\CCC(=O)N1CCN(C(=O)C=CC(=O)OC)CC1. The Morgan fingerprint density at radius 3 is 1.51 bits per heavy atom. The Morgan fingerprint density at radius 1 is 0.622 bits per heavy atom. The van der Waals surface area contributed by atoms with Crippen molar-refractivity contribution in [1.29, 1.82) is 0 Å². The molecule has 0 unspecified atom stereocenters. The second-order valence-corrected chi connectivity index (χ2v) is 8.52. The first-order valence-electron chi connectivity index (χ1n) is 13.3. The van der Waals surface area contributed by atoms with Gasteiger partial charge >= 0.3 is 5.97 Å². The molecular formula is C31H44N2O4. The fourth-order valence-electron chi connectivity index (χ4n) is 3.49. The molecule has 1 rings (SSSR count). The number of hydrogen-bond donors (Lipinski definition) is 0. The van der Waals surface area contributed by atoms with Gasteiger partial charge in [0.1, 0.15) is 0 Å². The zero-order valence-corrected chi connectivity index (χ0v) is 22.6. The standard InChI is InChI=1S/C31H44N2O4/c1-3-4-5-6-7-8-9-10-11-12-13-14-15-16-17-18-19-20-21-22-29(34)32-25-27-33(28-26-32)30(35)23-24-31(36)37-2/h4-5,7-8,10-11,13-14,16-17,19-20,23-24H,3,6,9,12,15,18,21-22,25-28H2,1-2H3/b5-4-,8-7-,11-10-,14-13-,17-16-,20-19-,24-23?. The van der Waals surface area contributed by atoms with Gasteiger partial charge in [0, 0.05) is 44.8 Å². The molecule has 2 amide bonds. The summed E-state index contributed by atoms with van der Waals surface area (Å²) in [4.78, 5) is 39.0. The third-order valence-corrected chi connectivity index (χ3v) is 5.63. The van der Waals surface area contributed by atoms with Crippen molar-refractivity contribution in [2.45, 2.75) is 58.3 Å². The number of ether oxygens (including phenoxy) is 1. The molecule has 0 aromatic rings. The van der Waals surface area contributed by atoms with Crippen molar-refractivity contribution in [2.24, 2.45) is 0 Å². The van der Waals surface area contributed by atoms with E-state index in [4.69, 9.17) is 0 Å². The Hall–Kier alpha value is -3.41. The molecule has 1 aliphatic rings. The average molecular weight is 509 g/mol. The second kappa shape index (κ2) is 21.8. The molecule has 1 aliphatic heterocycles. The maximum atomic E-state index is 12.4. The lowest BCUT2D eigenvalue weighted by molar-refractivity contribution is -0.137. The molecule has 0 radical (unpaired) electrons. The van der Waals surface area contributed by atoms with Gasteiger partial charge < -0.3 is 14.5 Å². The highest BCUT2D eigenvalue weighted by Crippen LogP contribution is 2.07. The largest absolute Gasteiger partial charge is 0.466 e. The molecule has 1 heterocycles. The summed E-state index contributed by atoms with van der Waals surface area (Å²) in [5.41, 5.74) is 0. The molecule has 6 heteroatoms. The van der Waals surface area contributed by atoms with Gasteiger partial charge in [-0.3, -0.25) is 9.59 Å². The van der Waals surface area contributed by atoms with Gasteiger partial charge in [0.25, 0.3) is 0 Å². The smallest absolute Gasteiger partial charge is 0.330 e. The van der Waals surface area contributed by atoms with Crippen molar-refractivity contribution < 1.29 is 19.1 Å². The number of carbonyl (C=O) groups excluding carboxylic acids is 3. The predicted octanol–water partition coefficient (Wildman–Crippen LogP) is 5.86.